The highest BCUT2D eigenvalue weighted by atomic mass is 79.9. The SMILES string of the molecule is CNCc1ccc(Cl)c(S(=O)(=O)Nc2ncccc2Br)c1. The van der Waals surface area contributed by atoms with Gasteiger partial charge in [-0.15, -0.1) is 0 Å². The van der Waals surface area contributed by atoms with Gasteiger partial charge in [0, 0.05) is 12.7 Å². The number of nitrogens with zero attached hydrogens (tertiary/aromatic N) is 1. The van der Waals surface area contributed by atoms with Crippen LogP contribution in [0.3, 0.4) is 0 Å². The van der Waals surface area contributed by atoms with Crippen LogP contribution in [0, 0.1) is 0 Å². The largest absolute Gasteiger partial charge is 0.316 e. The summed E-state index contributed by atoms with van der Waals surface area (Å²) < 4.78 is 27.9. The molecular weight excluding hydrogens is 378 g/mol. The molecule has 5 nitrogen and oxygen atoms in total. The van der Waals surface area contributed by atoms with Crippen LogP contribution in [-0.2, 0) is 16.6 Å². The van der Waals surface area contributed by atoms with Crippen molar-refractivity contribution in [1.82, 2.24) is 10.3 Å². The van der Waals surface area contributed by atoms with E-state index in [4.69, 9.17) is 11.6 Å². The lowest BCUT2D eigenvalue weighted by Crippen LogP contribution is -2.15. The average Bonchev–Trinajstić information content (AvgIpc) is 2.43. The van der Waals surface area contributed by atoms with Gasteiger partial charge in [0.1, 0.15) is 4.90 Å². The molecule has 0 radical (unpaired) electrons. The van der Waals surface area contributed by atoms with Crippen LogP contribution in [0.5, 0.6) is 0 Å². The van der Waals surface area contributed by atoms with Gasteiger partial charge in [-0.05, 0) is 52.8 Å². The summed E-state index contributed by atoms with van der Waals surface area (Å²) in [6.45, 7) is 0.549. The minimum atomic E-state index is -3.81. The molecule has 0 atom stereocenters. The van der Waals surface area contributed by atoms with Gasteiger partial charge >= 0.3 is 0 Å². The minimum Gasteiger partial charge on any atom is -0.316 e. The van der Waals surface area contributed by atoms with Gasteiger partial charge in [-0.1, -0.05) is 17.7 Å². The van der Waals surface area contributed by atoms with Gasteiger partial charge in [0.25, 0.3) is 10.0 Å². The number of nitrogens with one attached hydrogen (secondary N) is 2. The van der Waals surface area contributed by atoms with Gasteiger partial charge in [-0.3, -0.25) is 4.72 Å². The van der Waals surface area contributed by atoms with E-state index in [1.165, 1.54) is 12.3 Å². The van der Waals surface area contributed by atoms with Crippen molar-refractivity contribution < 1.29 is 8.42 Å². The lowest BCUT2D eigenvalue weighted by Gasteiger charge is -2.11. The first-order valence-electron chi connectivity index (χ1n) is 6.00. The topological polar surface area (TPSA) is 71.1 Å². The van der Waals surface area contributed by atoms with E-state index in [9.17, 15) is 8.42 Å². The van der Waals surface area contributed by atoms with Crippen LogP contribution in [0.2, 0.25) is 5.02 Å². The number of aromatic nitrogens is 1. The number of rotatable bonds is 5. The van der Waals surface area contributed by atoms with E-state index in [0.717, 1.165) is 5.56 Å². The molecule has 0 saturated carbocycles. The molecule has 0 fully saturated rings. The van der Waals surface area contributed by atoms with Crippen LogP contribution in [0.4, 0.5) is 5.82 Å². The van der Waals surface area contributed by atoms with Gasteiger partial charge in [-0.25, -0.2) is 13.4 Å². The predicted molar refractivity (Wildman–Crippen MR) is 87.0 cm³/mol. The number of anilines is 1. The lowest BCUT2D eigenvalue weighted by molar-refractivity contribution is 0.601. The van der Waals surface area contributed by atoms with Gasteiger partial charge in [0.2, 0.25) is 0 Å². The quantitative estimate of drug-likeness (QED) is 0.823. The molecule has 1 aromatic carbocycles. The standard InChI is InChI=1S/C13H13BrClN3O2S/c1-16-8-9-4-5-11(15)12(7-9)21(19,20)18-13-10(14)3-2-6-17-13/h2-7,16H,8H2,1H3,(H,17,18). The highest BCUT2D eigenvalue weighted by Crippen LogP contribution is 2.27. The zero-order valence-corrected chi connectivity index (χ0v) is 14.3. The zero-order chi connectivity index (χ0) is 15.5. The summed E-state index contributed by atoms with van der Waals surface area (Å²) in [5, 5.41) is 3.12. The Morgan fingerprint density at radius 1 is 1.33 bits per heavy atom. The van der Waals surface area contributed by atoms with Crippen molar-refractivity contribution in [1.29, 1.82) is 0 Å². The van der Waals surface area contributed by atoms with E-state index in [0.29, 0.717) is 11.0 Å². The summed E-state index contributed by atoms with van der Waals surface area (Å²) in [7, 11) is -2.03. The molecule has 0 saturated heterocycles. The second-order valence-electron chi connectivity index (χ2n) is 4.23. The molecule has 0 aliphatic rings. The Hall–Kier alpha value is -1.15. The minimum absolute atomic E-state index is 0.0227. The smallest absolute Gasteiger partial charge is 0.264 e. The van der Waals surface area contributed by atoms with Crippen LogP contribution in [0.25, 0.3) is 0 Å². The highest BCUT2D eigenvalue weighted by Gasteiger charge is 2.20. The fourth-order valence-corrected chi connectivity index (χ4v) is 3.78. The van der Waals surface area contributed by atoms with Crippen molar-refractivity contribution in [3.05, 3.63) is 51.6 Å². The van der Waals surface area contributed by atoms with Gasteiger partial charge in [0.05, 0.1) is 9.50 Å². The summed E-state index contributed by atoms with van der Waals surface area (Å²) >= 11 is 9.26. The first-order valence-corrected chi connectivity index (χ1v) is 8.66. The van der Waals surface area contributed by atoms with Crippen molar-refractivity contribution in [3.63, 3.8) is 0 Å². The molecule has 0 unspecified atom stereocenters. The monoisotopic (exact) mass is 389 g/mol. The van der Waals surface area contributed by atoms with Crippen LogP contribution in [0.1, 0.15) is 5.56 Å². The van der Waals surface area contributed by atoms with E-state index in [1.807, 2.05) is 0 Å². The van der Waals surface area contributed by atoms with E-state index < -0.39 is 10.0 Å². The Bertz CT molecular complexity index is 753. The molecule has 0 aliphatic heterocycles. The Kier molecular flexibility index (Phi) is 5.21. The molecule has 0 spiro atoms. The van der Waals surface area contributed by atoms with Crippen molar-refractivity contribution in [3.8, 4) is 0 Å². The fourth-order valence-electron chi connectivity index (χ4n) is 1.71. The molecule has 2 rings (SSSR count). The number of benzene rings is 1. The predicted octanol–water partition coefficient (Wildman–Crippen LogP) is 3.02. The normalized spacial score (nSPS) is 11.4. The number of pyridine rings is 1. The highest BCUT2D eigenvalue weighted by molar-refractivity contribution is 9.10. The molecule has 2 N–H and O–H groups in total. The Morgan fingerprint density at radius 3 is 2.76 bits per heavy atom. The first kappa shape index (κ1) is 16.2. The van der Waals surface area contributed by atoms with Crippen molar-refractivity contribution in [2.75, 3.05) is 11.8 Å². The van der Waals surface area contributed by atoms with Gasteiger partial charge in [-0.2, -0.15) is 0 Å². The molecule has 8 heteroatoms. The lowest BCUT2D eigenvalue weighted by atomic mass is 10.2. The number of hydrogen-bond donors (Lipinski definition) is 2. The summed E-state index contributed by atoms with van der Waals surface area (Å²) in [6, 6.07) is 8.27. The summed E-state index contributed by atoms with van der Waals surface area (Å²) in [4.78, 5) is 4.01. The third-order valence-electron chi connectivity index (χ3n) is 2.66. The maximum Gasteiger partial charge on any atom is 0.264 e. The maximum atomic E-state index is 12.5. The third-order valence-corrected chi connectivity index (χ3v) is 5.12. The molecular formula is C13H13BrClN3O2S. The van der Waals surface area contributed by atoms with Crippen molar-refractivity contribution in [2.45, 2.75) is 11.4 Å². The van der Waals surface area contributed by atoms with E-state index in [2.05, 4.69) is 31.0 Å². The number of halogens is 2. The zero-order valence-electron chi connectivity index (χ0n) is 11.1. The molecule has 21 heavy (non-hydrogen) atoms. The maximum absolute atomic E-state index is 12.5. The molecule has 0 amide bonds. The van der Waals surface area contributed by atoms with Crippen molar-refractivity contribution in [2.24, 2.45) is 0 Å². The van der Waals surface area contributed by atoms with Gasteiger partial charge < -0.3 is 5.32 Å². The second-order valence-corrected chi connectivity index (χ2v) is 7.15. The molecule has 0 bridgehead atoms. The first-order chi connectivity index (χ1) is 9.94. The number of sulfonamides is 1. The summed E-state index contributed by atoms with van der Waals surface area (Å²) in [5.74, 6) is 0.215. The van der Waals surface area contributed by atoms with Crippen molar-refractivity contribution >= 4 is 43.4 Å². The van der Waals surface area contributed by atoms with E-state index >= 15 is 0 Å². The third kappa shape index (κ3) is 3.94. The van der Waals surface area contributed by atoms with Crippen LogP contribution < -0.4 is 10.0 Å². The van der Waals surface area contributed by atoms with Crippen LogP contribution >= 0.6 is 27.5 Å². The Labute approximate surface area is 136 Å². The van der Waals surface area contributed by atoms with E-state index in [-0.39, 0.29) is 15.7 Å². The van der Waals surface area contributed by atoms with Crippen LogP contribution in [0.15, 0.2) is 45.9 Å². The molecule has 0 aliphatic carbocycles. The Morgan fingerprint density at radius 2 is 2.10 bits per heavy atom. The summed E-state index contributed by atoms with van der Waals surface area (Å²) in [5.41, 5.74) is 0.822. The Balaban J connectivity index is 2.40. The fraction of sp³-hybridized carbons (Fsp3) is 0.154. The molecule has 1 aromatic heterocycles. The molecule has 1 heterocycles. The molecule has 112 valence electrons. The average molecular weight is 391 g/mol. The number of hydrogen-bond acceptors (Lipinski definition) is 4. The second kappa shape index (κ2) is 6.74. The summed E-state index contributed by atoms with van der Waals surface area (Å²) in [6.07, 6.45) is 1.50. The molecule has 2 aromatic rings. The van der Waals surface area contributed by atoms with Crippen LogP contribution in [-0.4, -0.2) is 20.4 Å². The van der Waals surface area contributed by atoms with Gasteiger partial charge in [0.15, 0.2) is 5.82 Å². The van der Waals surface area contributed by atoms with E-state index in [1.54, 1.807) is 31.3 Å².